The molecular formula is C44H37ClN4. The van der Waals surface area contributed by atoms with Gasteiger partial charge in [0.15, 0.2) is 0 Å². The predicted molar refractivity (Wildman–Crippen MR) is 198 cm³/mol. The highest BCUT2D eigenvalue weighted by Gasteiger charge is 2.42. The summed E-state index contributed by atoms with van der Waals surface area (Å²) in [4.78, 5) is 19.1. The number of allylic oxidation sites excluding steroid dienone is 12. The summed E-state index contributed by atoms with van der Waals surface area (Å²) in [6.07, 6.45) is 29.2. The molecule has 240 valence electrons. The van der Waals surface area contributed by atoms with Gasteiger partial charge in [0, 0.05) is 69.4 Å². The Kier molecular flexibility index (Phi) is 4.98. The van der Waals surface area contributed by atoms with Gasteiger partial charge in [-0.3, -0.25) is 0 Å². The van der Waals surface area contributed by atoms with E-state index < -0.39 is 0 Å². The smallest absolute Gasteiger partial charge is 0.0925 e. The molecule has 3 aromatic heterocycles. The fourth-order valence-corrected chi connectivity index (χ4v) is 12.3. The maximum Gasteiger partial charge on any atom is 0.0925 e. The lowest BCUT2D eigenvalue weighted by molar-refractivity contribution is 0.557. The van der Waals surface area contributed by atoms with Crippen LogP contribution in [0.1, 0.15) is 120 Å². The summed E-state index contributed by atoms with van der Waals surface area (Å²) in [5.74, 6) is 3.33. The van der Waals surface area contributed by atoms with Crippen molar-refractivity contribution in [1.82, 2.24) is 19.9 Å². The number of H-pyrrole nitrogens is 2. The van der Waals surface area contributed by atoms with Crippen molar-refractivity contribution < 1.29 is 0 Å². The molecule has 2 aliphatic heterocycles. The average molecular weight is 657 g/mol. The highest BCUT2D eigenvalue weighted by Crippen LogP contribution is 2.57. The molecule has 5 heterocycles. The van der Waals surface area contributed by atoms with E-state index >= 15 is 0 Å². The molecule has 0 spiro atoms. The zero-order chi connectivity index (χ0) is 31.7. The van der Waals surface area contributed by atoms with Gasteiger partial charge in [-0.2, -0.15) is 0 Å². The average Bonchev–Trinajstić information content (AvgIpc) is 3.94. The van der Waals surface area contributed by atoms with Gasteiger partial charge in [0.1, 0.15) is 0 Å². The molecule has 2 N–H and O–H groups in total. The zero-order valence-corrected chi connectivity index (χ0v) is 28.2. The monoisotopic (exact) mass is 656 g/mol. The van der Waals surface area contributed by atoms with Crippen molar-refractivity contribution >= 4 is 56.0 Å². The Labute approximate surface area is 290 Å². The SMILES string of the molecule is Clc1c2nc(cc3[nH]c(cc4[nH]c(cc5nc1C1=C5[C@@H]5C=C[C@H]1CC5)c1c4[C@@H]4C=C[C@H]1CC4)c1c3[C@@H]3C=C[C@H]1CC3)C1=C2[C@@H]2C=C[C@H]1CC2. The van der Waals surface area contributed by atoms with Crippen molar-refractivity contribution in [3.8, 4) is 0 Å². The predicted octanol–water partition coefficient (Wildman–Crippen LogP) is 11.0. The highest BCUT2D eigenvalue weighted by molar-refractivity contribution is 6.34. The normalized spacial score (nSPS) is 33.1. The van der Waals surface area contributed by atoms with Gasteiger partial charge in [-0.15, -0.1) is 0 Å². The minimum atomic E-state index is 0.362. The Morgan fingerprint density at radius 1 is 0.408 bits per heavy atom. The first-order valence-corrected chi connectivity index (χ1v) is 19.3. The third-order valence-corrected chi connectivity index (χ3v) is 14.4. The lowest BCUT2D eigenvalue weighted by Crippen LogP contribution is -2.19. The topological polar surface area (TPSA) is 57.4 Å². The molecule has 0 saturated carbocycles. The summed E-state index contributed by atoms with van der Waals surface area (Å²) in [7, 11) is 0. The van der Waals surface area contributed by atoms with E-state index in [9.17, 15) is 0 Å². The van der Waals surface area contributed by atoms with Crippen LogP contribution in [0.2, 0.25) is 5.02 Å². The number of hydrogen-bond acceptors (Lipinski definition) is 2. The minimum Gasteiger partial charge on any atom is -0.355 e. The van der Waals surface area contributed by atoms with Crippen LogP contribution in [0.15, 0.2) is 66.8 Å². The number of fused-ring (bicyclic) bond motifs is 12. The van der Waals surface area contributed by atoms with Crippen LogP contribution in [0.4, 0.5) is 0 Å². The van der Waals surface area contributed by atoms with Crippen LogP contribution >= 0.6 is 11.6 Å². The molecule has 16 bridgehead atoms. The van der Waals surface area contributed by atoms with Crippen molar-refractivity contribution in [2.24, 2.45) is 23.7 Å². The number of hydrogen-bond donors (Lipinski definition) is 2. The van der Waals surface area contributed by atoms with Crippen molar-refractivity contribution in [3.05, 3.63) is 117 Å². The summed E-state index contributed by atoms with van der Waals surface area (Å²) in [6, 6.07) is 7.27. The van der Waals surface area contributed by atoms with Gasteiger partial charge in [-0.05, 0) is 114 Å². The standard InChI is InChI=1S/C44H37ClN4/c45-42-43-40-26-13-9-24(10-14-26)38(40)32(48-43)18-30-36-22-5-1-20(2-6-22)34(36)28(46-30)17-29-35-21-3-7-23(8-4-21)37(35)31(47-29)19-33-39-25-11-15-27(16-12-25)41(39)44(42)49-33/h1,3,5,7,9,11,13,15,17-27,46-47H,2,4,6,8,10,12,14,16H2/t20-,21+,22+,23-,24-,25+,26+,27-. The van der Waals surface area contributed by atoms with Crippen molar-refractivity contribution in [3.63, 3.8) is 0 Å². The molecule has 5 heteroatoms. The van der Waals surface area contributed by atoms with Gasteiger partial charge in [0.2, 0.25) is 0 Å². The number of aromatic amines is 2. The second-order valence-electron chi connectivity index (χ2n) is 16.4. The third kappa shape index (κ3) is 3.33. The quantitative estimate of drug-likeness (QED) is 0.237. The van der Waals surface area contributed by atoms with E-state index in [-0.39, 0.29) is 0 Å². The summed E-state index contributed by atoms with van der Waals surface area (Å²) in [6.45, 7) is 0. The Morgan fingerprint density at radius 3 is 1.06 bits per heavy atom. The van der Waals surface area contributed by atoms with E-state index in [1.807, 2.05) is 0 Å². The largest absolute Gasteiger partial charge is 0.355 e. The van der Waals surface area contributed by atoms with Gasteiger partial charge in [0.25, 0.3) is 0 Å². The molecule has 0 fully saturated rings. The molecule has 0 saturated heterocycles. The molecule has 8 atom stereocenters. The highest BCUT2D eigenvalue weighted by atomic mass is 35.5. The van der Waals surface area contributed by atoms with E-state index in [0.717, 1.165) is 40.6 Å². The van der Waals surface area contributed by atoms with E-state index in [1.54, 1.807) is 0 Å². The van der Waals surface area contributed by atoms with E-state index in [2.05, 4.69) is 76.8 Å². The van der Waals surface area contributed by atoms with Gasteiger partial charge in [-0.25, -0.2) is 9.97 Å². The lowest BCUT2D eigenvalue weighted by Gasteiger charge is -2.34. The second-order valence-corrected chi connectivity index (χ2v) is 16.7. The fraction of sp³-hybridized carbons (Fsp3) is 0.364. The number of nitrogens with zero attached hydrogens (tertiary/aromatic N) is 2. The van der Waals surface area contributed by atoms with Gasteiger partial charge >= 0.3 is 0 Å². The summed E-state index contributed by atoms with van der Waals surface area (Å²) < 4.78 is 0. The second kappa shape index (κ2) is 9.14. The van der Waals surface area contributed by atoms with Crippen molar-refractivity contribution in [2.45, 2.75) is 75.0 Å². The molecule has 0 unspecified atom stereocenters. The Morgan fingerprint density at radius 2 is 0.714 bits per heavy atom. The zero-order valence-electron chi connectivity index (χ0n) is 27.4. The number of aromatic nitrogens is 4. The van der Waals surface area contributed by atoms with Crippen LogP contribution in [0.25, 0.3) is 44.4 Å². The van der Waals surface area contributed by atoms with Crippen LogP contribution in [-0.2, 0) is 0 Å². The van der Waals surface area contributed by atoms with Gasteiger partial charge in [-0.1, -0.05) is 60.2 Å². The summed E-state index contributed by atoms with van der Waals surface area (Å²) in [5.41, 5.74) is 20.7. The molecule has 0 amide bonds. The lowest BCUT2D eigenvalue weighted by atomic mass is 9.69. The van der Waals surface area contributed by atoms with E-state index in [4.69, 9.17) is 21.6 Å². The first-order chi connectivity index (χ1) is 24.2. The Hall–Kier alpha value is -4.15. The Balaban J connectivity index is 1.21. The first kappa shape index (κ1) is 26.7. The van der Waals surface area contributed by atoms with Crippen LogP contribution in [0, 0.1) is 23.7 Å². The fourth-order valence-electron chi connectivity index (χ4n) is 12.0. The third-order valence-electron chi connectivity index (χ3n) is 14.1. The molecule has 0 radical (unpaired) electrons. The molecule has 0 aromatic carbocycles. The molecule has 4 nitrogen and oxygen atoms in total. The maximum atomic E-state index is 7.71. The molecular weight excluding hydrogens is 620 g/mol. The molecule has 12 aliphatic carbocycles. The van der Waals surface area contributed by atoms with Crippen molar-refractivity contribution in [2.75, 3.05) is 0 Å². The van der Waals surface area contributed by atoms with Crippen LogP contribution < -0.4 is 0 Å². The molecule has 49 heavy (non-hydrogen) atoms. The van der Waals surface area contributed by atoms with E-state index in [0.29, 0.717) is 47.3 Å². The summed E-state index contributed by atoms with van der Waals surface area (Å²) in [5, 5.41) is 0.751. The number of nitrogens with one attached hydrogen (secondary N) is 2. The van der Waals surface area contributed by atoms with Crippen LogP contribution in [0.5, 0.6) is 0 Å². The molecule has 17 rings (SSSR count). The number of rotatable bonds is 0. The van der Waals surface area contributed by atoms with Crippen molar-refractivity contribution in [1.29, 1.82) is 0 Å². The van der Waals surface area contributed by atoms with Crippen LogP contribution in [-0.4, -0.2) is 19.9 Å². The molecule has 14 aliphatic rings. The maximum absolute atomic E-state index is 7.71. The molecule has 3 aromatic rings. The number of halogens is 1. The first-order valence-electron chi connectivity index (χ1n) is 18.9. The van der Waals surface area contributed by atoms with Gasteiger partial charge < -0.3 is 9.97 Å². The van der Waals surface area contributed by atoms with E-state index in [1.165, 1.54) is 105 Å². The summed E-state index contributed by atoms with van der Waals surface area (Å²) >= 11 is 7.71. The minimum absolute atomic E-state index is 0.362. The van der Waals surface area contributed by atoms with Gasteiger partial charge in [0.05, 0.1) is 27.8 Å². The van der Waals surface area contributed by atoms with Crippen LogP contribution in [0.3, 0.4) is 0 Å². The Bertz CT molecular complexity index is 2310.